The Bertz CT molecular complexity index is 564. The molecular weight excluding hydrogens is 270 g/mol. The van der Waals surface area contributed by atoms with Crippen molar-refractivity contribution < 1.29 is 4.79 Å². The van der Waals surface area contributed by atoms with Crippen molar-refractivity contribution in [2.75, 3.05) is 18.8 Å². The van der Waals surface area contributed by atoms with Gasteiger partial charge in [0.15, 0.2) is 11.5 Å². The van der Waals surface area contributed by atoms with Gasteiger partial charge in [-0.05, 0) is 25.9 Å². The summed E-state index contributed by atoms with van der Waals surface area (Å²) in [6, 6.07) is 0.360. The minimum atomic E-state index is -0.738. The summed E-state index contributed by atoms with van der Waals surface area (Å²) in [5.41, 5.74) is 11.6. The molecule has 1 aliphatic heterocycles. The minimum Gasteiger partial charge on any atom is -0.387 e. The van der Waals surface area contributed by atoms with Gasteiger partial charge in [-0.2, -0.15) is 0 Å². The van der Waals surface area contributed by atoms with Gasteiger partial charge in [0, 0.05) is 24.0 Å². The van der Waals surface area contributed by atoms with Gasteiger partial charge < -0.3 is 27.5 Å². The van der Waals surface area contributed by atoms with Crippen LogP contribution in [0.3, 0.4) is 0 Å². The third kappa shape index (κ3) is 3.76. The molecule has 2 rings (SSSR count). The zero-order valence-corrected chi connectivity index (χ0v) is 11.6. The van der Waals surface area contributed by atoms with Crippen molar-refractivity contribution in [3.8, 4) is 0 Å². The Labute approximate surface area is 122 Å². The smallest absolute Gasteiger partial charge is 0.271 e. The van der Waals surface area contributed by atoms with Crippen LogP contribution in [0.25, 0.3) is 5.57 Å². The zero-order valence-electron chi connectivity index (χ0n) is 11.6. The number of anilines is 1. The number of piperidine rings is 1. The van der Waals surface area contributed by atoms with Crippen LogP contribution in [0.2, 0.25) is 0 Å². The van der Waals surface area contributed by atoms with E-state index in [-0.39, 0.29) is 11.5 Å². The summed E-state index contributed by atoms with van der Waals surface area (Å²) in [6.45, 7) is 1.94. The summed E-state index contributed by atoms with van der Waals surface area (Å²) in [7, 11) is 0. The van der Waals surface area contributed by atoms with Crippen molar-refractivity contribution in [2.24, 2.45) is 5.73 Å². The Morgan fingerprint density at radius 2 is 2.19 bits per heavy atom. The van der Waals surface area contributed by atoms with Crippen LogP contribution in [-0.2, 0) is 0 Å². The molecule has 1 aromatic heterocycles. The fourth-order valence-electron chi connectivity index (χ4n) is 2.10. The maximum absolute atomic E-state index is 11.2. The number of rotatable bonds is 5. The number of hydrogen-bond acceptors (Lipinski definition) is 7. The maximum atomic E-state index is 11.2. The fourth-order valence-corrected chi connectivity index (χ4v) is 2.10. The second-order valence-electron chi connectivity index (χ2n) is 4.79. The topological polar surface area (TPSA) is 143 Å². The second kappa shape index (κ2) is 6.80. The molecule has 1 aliphatic rings. The third-order valence-corrected chi connectivity index (χ3v) is 3.30. The molecule has 21 heavy (non-hydrogen) atoms. The minimum absolute atomic E-state index is 0.0121. The average Bonchev–Trinajstić information content (AvgIpc) is 2.50. The van der Waals surface area contributed by atoms with Crippen LogP contribution in [0.4, 0.5) is 5.82 Å². The molecule has 8 nitrogen and oxygen atoms in total. The lowest BCUT2D eigenvalue weighted by molar-refractivity contribution is 0.0996. The first-order valence-corrected chi connectivity index (χ1v) is 6.72. The van der Waals surface area contributed by atoms with Gasteiger partial charge in [-0.25, -0.2) is 9.97 Å². The van der Waals surface area contributed by atoms with E-state index in [4.69, 9.17) is 16.9 Å². The van der Waals surface area contributed by atoms with Crippen molar-refractivity contribution in [1.29, 1.82) is 5.41 Å². The second-order valence-corrected chi connectivity index (χ2v) is 4.79. The van der Waals surface area contributed by atoms with E-state index >= 15 is 0 Å². The summed E-state index contributed by atoms with van der Waals surface area (Å²) < 4.78 is 0. The molecule has 1 amide bonds. The van der Waals surface area contributed by atoms with Gasteiger partial charge in [-0.1, -0.05) is 0 Å². The Balaban J connectivity index is 2.18. The Hall–Kier alpha value is -2.48. The Kier molecular flexibility index (Phi) is 4.83. The molecule has 0 spiro atoms. The lowest BCUT2D eigenvalue weighted by Crippen LogP contribution is -2.37. The first-order chi connectivity index (χ1) is 10.1. The highest BCUT2D eigenvalue weighted by molar-refractivity contribution is 6.07. The molecule has 0 aliphatic carbocycles. The van der Waals surface area contributed by atoms with Crippen LogP contribution in [0.15, 0.2) is 12.4 Å². The highest BCUT2D eigenvalue weighted by Gasteiger charge is 2.13. The lowest BCUT2D eigenvalue weighted by Gasteiger charge is -2.23. The summed E-state index contributed by atoms with van der Waals surface area (Å²) in [5, 5.41) is 14.0. The maximum Gasteiger partial charge on any atom is 0.271 e. The summed E-state index contributed by atoms with van der Waals surface area (Å²) in [6.07, 6.45) is 6.32. The summed E-state index contributed by atoms with van der Waals surface area (Å²) >= 11 is 0. The lowest BCUT2D eigenvalue weighted by atomic mass is 10.1. The first-order valence-electron chi connectivity index (χ1n) is 6.72. The first kappa shape index (κ1) is 14.9. The number of primary amides is 1. The van der Waals surface area contributed by atoms with E-state index in [1.54, 1.807) is 6.20 Å². The fraction of sp³-hybridized carbons (Fsp3) is 0.385. The van der Waals surface area contributed by atoms with Gasteiger partial charge in [0.05, 0.1) is 11.9 Å². The molecule has 1 aromatic rings. The molecule has 1 fully saturated rings. The molecule has 7 N–H and O–H groups in total. The van der Waals surface area contributed by atoms with Gasteiger partial charge in [-0.3, -0.25) is 4.79 Å². The molecule has 0 bridgehead atoms. The van der Waals surface area contributed by atoms with E-state index in [0.29, 0.717) is 17.3 Å². The molecule has 112 valence electrons. The molecule has 0 atom stereocenters. The van der Waals surface area contributed by atoms with Gasteiger partial charge >= 0.3 is 0 Å². The van der Waals surface area contributed by atoms with E-state index in [1.807, 2.05) is 0 Å². The molecule has 1 saturated heterocycles. The van der Waals surface area contributed by atoms with Gasteiger partial charge in [-0.15, -0.1) is 0 Å². The van der Waals surface area contributed by atoms with Crippen LogP contribution >= 0.6 is 0 Å². The highest BCUT2D eigenvalue weighted by Crippen LogP contribution is 2.12. The van der Waals surface area contributed by atoms with Crippen molar-refractivity contribution in [2.45, 2.75) is 18.9 Å². The summed E-state index contributed by atoms with van der Waals surface area (Å²) in [5.74, 6) is -0.751. The van der Waals surface area contributed by atoms with Crippen LogP contribution in [0.1, 0.15) is 29.0 Å². The monoisotopic (exact) mass is 289 g/mol. The highest BCUT2D eigenvalue weighted by atomic mass is 16.1. The number of nitrogen functional groups attached to an aromatic ring is 1. The number of carbonyl (C=O) groups is 1. The molecule has 8 heteroatoms. The molecule has 0 saturated carbocycles. The molecule has 2 heterocycles. The van der Waals surface area contributed by atoms with Crippen LogP contribution in [0.5, 0.6) is 0 Å². The molecule has 0 unspecified atom stereocenters. The van der Waals surface area contributed by atoms with E-state index in [0.717, 1.165) is 32.1 Å². The van der Waals surface area contributed by atoms with E-state index in [1.165, 1.54) is 6.20 Å². The van der Waals surface area contributed by atoms with Crippen molar-refractivity contribution in [3.63, 3.8) is 0 Å². The number of nitrogens with zero attached hydrogens (tertiary/aromatic N) is 2. The zero-order chi connectivity index (χ0) is 15.2. The van der Waals surface area contributed by atoms with Crippen LogP contribution < -0.4 is 22.1 Å². The average molecular weight is 289 g/mol. The molecule has 0 radical (unpaired) electrons. The normalized spacial score (nSPS) is 16.5. The SMILES string of the molecule is N=C/C(=C\NC1CCNCC1)c1cnc(N)c(C(N)=O)n1. The number of aromatic nitrogens is 2. The number of nitrogens with one attached hydrogen (secondary N) is 3. The Morgan fingerprint density at radius 1 is 1.48 bits per heavy atom. The number of nitrogens with two attached hydrogens (primary N) is 2. The predicted molar refractivity (Wildman–Crippen MR) is 80.8 cm³/mol. The standard InChI is InChI=1S/C13H19N7O/c14-5-8(6-18-9-1-3-17-4-2-9)10-7-19-12(15)11(20-10)13(16)21/h5-7,9,14,17-18H,1-4H2,(H2,15,19)(H2,16,21)/b8-6+,14-5?. The van der Waals surface area contributed by atoms with E-state index < -0.39 is 5.91 Å². The number of amides is 1. The van der Waals surface area contributed by atoms with Gasteiger partial charge in [0.1, 0.15) is 0 Å². The van der Waals surface area contributed by atoms with Crippen molar-refractivity contribution in [3.05, 3.63) is 23.8 Å². The largest absolute Gasteiger partial charge is 0.387 e. The predicted octanol–water partition coefficient (Wildman–Crippen LogP) is -0.510. The number of allylic oxidation sites excluding steroid dienone is 1. The van der Waals surface area contributed by atoms with Crippen LogP contribution in [0, 0.1) is 5.41 Å². The van der Waals surface area contributed by atoms with Gasteiger partial charge in [0.2, 0.25) is 0 Å². The van der Waals surface area contributed by atoms with Gasteiger partial charge in [0.25, 0.3) is 5.91 Å². The van der Waals surface area contributed by atoms with Crippen LogP contribution in [-0.4, -0.2) is 41.2 Å². The van der Waals surface area contributed by atoms with E-state index in [2.05, 4.69) is 20.6 Å². The number of carbonyl (C=O) groups excluding carboxylic acids is 1. The number of hydrogen-bond donors (Lipinski definition) is 5. The molecular formula is C13H19N7O. The van der Waals surface area contributed by atoms with Crippen molar-refractivity contribution >= 4 is 23.5 Å². The van der Waals surface area contributed by atoms with Crippen molar-refractivity contribution in [1.82, 2.24) is 20.6 Å². The summed E-state index contributed by atoms with van der Waals surface area (Å²) in [4.78, 5) is 19.2. The quantitative estimate of drug-likeness (QED) is 0.462. The van der Waals surface area contributed by atoms with E-state index in [9.17, 15) is 4.79 Å². The Morgan fingerprint density at radius 3 is 2.81 bits per heavy atom. The molecule has 0 aromatic carbocycles. The third-order valence-electron chi connectivity index (χ3n) is 3.30.